The molecule has 1 aromatic rings. The van der Waals surface area contributed by atoms with Crippen molar-refractivity contribution in [3.05, 3.63) is 29.3 Å². The predicted octanol–water partition coefficient (Wildman–Crippen LogP) is 0.770. The molecule has 0 fully saturated rings. The van der Waals surface area contributed by atoms with Crippen LogP contribution in [0.1, 0.15) is 17.5 Å². The number of carboxylic acid groups (broad SMARTS) is 1. The molecular weight excluding hydrogens is 232 g/mol. The molecular formula is C13H16N2O3. The second-order valence-electron chi connectivity index (χ2n) is 4.37. The number of carboxylic acids is 1. The van der Waals surface area contributed by atoms with Crippen molar-refractivity contribution < 1.29 is 14.7 Å². The van der Waals surface area contributed by atoms with Crippen LogP contribution in [0.25, 0.3) is 0 Å². The van der Waals surface area contributed by atoms with Gasteiger partial charge >= 0.3 is 5.97 Å². The number of anilines is 1. The number of benzene rings is 1. The Morgan fingerprint density at radius 2 is 2.22 bits per heavy atom. The highest BCUT2D eigenvalue weighted by Crippen LogP contribution is 2.28. The van der Waals surface area contributed by atoms with E-state index in [0.29, 0.717) is 12.8 Å². The van der Waals surface area contributed by atoms with Gasteiger partial charge in [-0.3, -0.25) is 9.59 Å². The van der Waals surface area contributed by atoms with Gasteiger partial charge in [0.25, 0.3) is 0 Å². The molecule has 0 atom stereocenters. The van der Waals surface area contributed by atoms with E-state index < -0.39 is 5.97 Å². The van der Waals surface area contributed by atoms with E-state index in [2.05, 4.69) is 5.32 Å². The van der Waals surface area contributed by atoms with Crippen molar-refractivity contribution in [2.75, 3.05) is 18.5 Å². The lowest BCUT2D eigenvalue weighted by Crippen LogP contribution is -2.39. The molecule has 1 aromatic carbocycles. The molecule has 0 spiro atoms. The minimum absolute atomic E-state index is 0.119. The van der Waals surface area contributed by atoms with Crippen molar-refractivity contribution in [2.24, 2.45) is 0 Å². The lowest BCUT2D eigenvalue weighted by atomic mass is 9.98. The molecule has 5 heteroatoms. The second kappa shape index (κ2) is 5.18. The molecule has 5 nitrogen and oxygen atoms in total. The van der Waals surface area contributed by atoms with E-state index in [4.69, 9.17) is 5.11 Å². The number of hydrogen-bond acceptors (Lipinski definition) is 3. The van der Waals surface area contributed by atoms with E-state index in [0.717, 1.165) is 23.4 Å². The van der Waals surface area contributed by atoms with Crippen LogP contribution in [0.4, 0.5) is 5.69 Å². The molecule has 0 unspecified atom stereocenters. The molecule has 2 rings (SSSR count). The van der Waals surface area contributed by atoms with Crippen LogP contribution < -0.4 is 10.2 Å². The summed E-state index contributed by atoms with van der Waals surface area (Å²) in [7, 11) is 1.87. The molecule has 0 bridgehead atoms. The maximum Gasteiger partial charge on any atom is 0.323 e. The first kappa shape index (κ1) is 12.6. The van der Waals surface area contributed by atoms with Crippen molar-refractivity contribution in [3.8, 4) is 0 Å². The molecule has 1 aliphatic rings. The minimum Gasteiger partial charge on any atom is -0.480 e. The van der Waals surface area contributed by atoms with E-state index in [1.165, 1.54) is 4.90 Å². The van der Waals surface area contributed by atoms with Crippen LogP contribution in [0, 0.1) is 0 Å². The van der Waals surface area contributed by atoms with E-state index in [1.807, 2.05) is 25.2 Å². The van der Waals surface area contributed by atoms with Gasteiger partial charge in [0, 0.05) is 18.7 Å². The Bertz CT molecular complexity index is 485. The lowest BCUT2D eigenvalue weighted by molar-refractivity contribution is -0.136. The molecule has 0 saturated heterocycles. The zero-order chi connectivity index (χ0) is 13.1. The van der Waals surface area contributed by atoms with Crippen LogP contribution in [0.15, 0.2) is 18.2 Å². The molecule has 1 heterocycles. The molecule has 1 aliphatic heterocycles. The summed E-state index contributed by atoms with van der Waals surface area (Å²) in [6.07, 6.45) is 1.06. The summed E-state index contributed by atoms with van der Waals surface area (Å²) in [6.45, 7) is 0.497. The number of carbonyl (C=O) groups is 2. The SMILES string of the molecule is CNCc1ccc2c(c1)CCC(=O)N2CC(=O)O. The van der Waals surface area contributed by atoms with Crippen LogP contribution in [-0.4, -0.2) is 30.6 Å². The summed E-state index contributed by atoms with van der Waals surface area (Å²) >= 11 is 0. The first-order valence-corrected chi connectivity index (χ1v) is 5.90. The number of carbonyl (C=O) groups excluding carboxylic acids is 1. The summed E-state index contributed by atoms with van der Waals surface area (Å²) < 4.78 is 0. The molecule has 0 aromatic heterocycles. The number of aliphatic carboxylic acids is 1. The van der Waals surface area contributed by atoms with Gasteiger partial charge in [0.05, 0.1) is 0 Å². The fourth-order valence-electron chi connectivity index (χ4n) is 2.24. The summed E-state index contributed by atoms with van der Waals surface area (Å²) in [5.74, 6) is -1.11. The Kier molecular flexibility index (Phi) is 3.62. The predicted molar refractivity (Wildman–Crippen MR) is 67.5 cm³/mol. The number of rotatable bonds is 4. The second-order valence-corrected chi connectivity index (χ2v) is 4.37. The molecule has 18 heavy (non-hydrogen) atoms. The Labute approximate surface area is 105 Å². The minimum atomic E-state index is -0.990. The fraction of sp³-hybridized carbons (Fsp3) is 0.385. The van der Waals surface area contributed by atoms with Crippen molar-refractivity contribution in [1.29, 1.82) is 0 Å². The third-order valence-corrected chi connectivity index (χ3v) is 3.02. The zero-order valence-electron chi connectivity index (χ0n) is 10.3. The summed E-state index contributed by atoms with van der Waals surface area (Å²) in [5.41, 5.74) is 2.91. The Balaban J connectivity index is 2.32. The Hall–Kier alpha value is -1.88. The maximum absolute atomic E-state index is 11.8. The van der Waals surface area contributed by atoms with Gasteiger partial charge in [-0.2, -0.15) is 0 Å². The van der Waals surface area contributed by atoms with Crippen LogP contribution >= 0.6 is 0 Å². The van der Waals surface area contributed by atoms with Crippen molar-refractivity contribution in [1.82, 2.24) is 5.32 Å². The van der Waals surface area contributed by atoms with E-state index >= 15 is 0 Å². The third-order valence-electron chi connectivity index (χ3n) is 3.02. The van der Waals surface area contributed by atoms with Crippen molar-refractivity contribution in [2.45, 2.75) is 19.4 Å². The van der Waals surface area contributed by atoms with Crippen LogP contribution in [0.5, 0.6) is 0 Å². The number of nitrogens with zero attached hydrogens (tertiary/aromatic N) is 1. The van der Waals surface area contributed by atoms with Crippen LogP contribution in [-0.2, 0) is 22.6 Å². The Morgan fingerprint density at radius 1 is 1.44 bits per heavy atom. The molecule has 2 N–H and O–H groups in total. The molecule has 0 radical (unpaired) electrons. The molecule has 0 aliphatic carbocycles. The van der Waals surface area contributed by atoms with Gasteiger partial charge in [0.2, 0.25) is 5.91 Å². The monoisotopic (exact) mass is 248 g/mol. The van der Waals surface area contributed by atoms with Gasteiger partial charge in [0.1, 0.15) is 6.54 Å². The number of amides is 1. The fourth-order valence-corrected chi connectivity index (χ4v) is 2.24. The largest absolute Gasteiger partial charge is 0.480 e. The van der Waals surface area contributed by atoms with Crippen molar-refractivity contribution in [3.63, 3.8) is 0 Å². The van der Waals surface area contributed by atoms with Gasteiger partial charge in [-0.25, -0.2) is 0 Å². The lowest BCUT2D eigenvalue weighted by Gasteiger charge is -2.28. The van der Waals surface area contributed by atoms with E-state index in [1.54, 1.807) is 0 Å². The zero-order valence-corrected chi connectivity index (χ0v) is 10.3. The number of aryl methyl sites for hydroxylation is 1. The average molecular weight is 248 g/mol. The van der Waals surface area contributed by atoms with Gasteiger partial charge in [-0.15, -0.1) is 0 Å². The number of hydrogen-bond donors (Lipinski definition) is 2. The van der Waals surface area contributed by atoms with Gasteiger partial charge in [0.15, 0.2) is 0 Å². The topological polar surface area (TPSA) is 69.6 Å². The first-order valence-electron chi connectivity index (χ1n) is 5.90. The van der Waals surface area contributed by atoms with Gasteiger partial charge in [-0.1, -0.05) is 12.1 Å². The van der Waals surface area contributed by atoms with E-state index in [9.17, 15) is 9.59 Å². The third kappa shape index (κ3) is 2.51. The summed E-state index contributed by atoms with van der Waals surface area (Å²) in [5, 5.41) is 11.9. The van der Waals surface area contributed by atoms with Gasteiger partial charge in [-0.05, 0) is 30.7 Å². The van der Waals surface area contributed by atoms with Gasteiger partial charge < -0.3 is 15.3 Å². The first-order chi connectivity index (χ1) is 8.61. The normalized spacial score (nSPS) is 14.5. The summed E-state index contributed by atoms with van der Waals surface area (Å²) in [6, 6.07) is 5.79. The van der Waals surface area contributed by atoms with Crippen LogP contribution in [0.3, 0.4) is 0 Å². The van der Waals surface area contributed by atoms with E-state index in [-0.39, 0.29) is 12.5 Å². The molecule has 0 saturated carbocycles. The quantitative estimate of drug-likeness (QED) is 0.825. The highest BCUT2D eigenvalue weighted by molar-refractivity contribution is 5.99. The van der Waals surface area contributed by atoms with Crippen LogP contribution in [0.2, 0.25) is 0 Å². The summed E-state index contributed by atoms with van der Waals surface area (Å²) in [4.78, 5) is 23.9. The standard InChI is InChI=1S/C13H16N2O3/c1-14-7-9-2-4-11-10(6-9)3-5-12(16)15(11)8-13(17)18/h2,4,6,14H,3,5,7-8H2,1H3,(H,17,18). The maximum atomic E-state index is 11.8. The smallest absolute Gasteiger partial charge is 0.323 e. The Morgan fingerprint density at radius 3 is 2.89 bits per heavy atom. The number of nitrogens with one attached hydrogen (secondary N) is 1. The molecule has 96 valence electrons. The highest BCUT2D eigenvalue weighted by atomic mass is 16.4. The van der Waals surface area contributed by atoms with Crippen molar-refractivity contribution >= 4 is 17.6 Å². The molecule has 1 amide bonds. The average Bonchev–Trinajstić information content (AvgIpc) is 2.33. The highest BCUT2D eigenvalue weighted by Gasteiger charge is 2.25. The number of fused-ring (bicyclic) bond motifs is 1.